The molecule has 3 aliphatic heterocycles. The Kier molecular flexibility index (Phi) is 8.14. The summed E-state index contributed by atoms with van der Waals surface area (Å²) in [5.41, 5.74) is 5.00. The zero-order chi connectivity index (χ0) is 28.4. The molecule has 3 saturated heterocycles. The Labute approximate surface area is 242 Å². The van der Waals surface area contributed by atoms with Gasteiger partial charge in [0, 0.05) is 81.9 Å². The molecule has 0 N–H and O–H groups in total. The van der Waals surface area contributed by atoms with E-state index in [9.17, 15) is 4.79 Å². The minimum absolute atomic E-state index is 0.122. The van der Waals surface area contributed by atoms with Gasteiger partial charge in [0.2, 0.25) is 0 Å². The number of piperazine rings is 1. The van der Waals surface area contributed by atoms with Gasteiger partial charge in [-0.2, -0.15) is 0 Å². The van der Waals surface area contributed by atoms with Gasteiger partial charge in [0.15, 0.2) is 0 Å². The molecule has 0 unspecified atom stereocenters. The maximum atomic E-state index is 12.6. The van der Waals surface area contributed by atoms with Crippen molar-refractivity contribution in [2.24, 2.45) is 0 Å². The van der Waals surface area contributed by atoms with Crippen LogP contribution in [0.1, 0.15) is 45.6 Å². The Hall–Kier alpha value is -3.21. The third-order valence-corrected chi connectivity index (χ3v) is 8.87. The summed E-state index contributed by atoms with van der Waals surface area (Å²) in [4.78, 5) is 28.6. The molecule has 3 aliphatic rings. The average molecular weight is 563 g/mol. The van der Waals surface area contributed by atoms with Crippen molar-refractivity contribution in [3.8, 4) is 11.3 Å². The van der Waals surface area contributed by atoms with Crippen LogP contribution < -0.4 is 4.90 Å². The van der Waals surface area contributed by atoms with Crippen molar-refractivity contribution in [1.29, 1.82) is 0 Å². The maximum Gasteiger partial charge on any atom is 0.410 e. The van der Waals surface area contributed by atoms with Crippen LogP contribution >= 0.6 is 0 Å². The van der Waals surface area contributed by atoms with Crippen LogP contribution in [-0.2, 0) is 19.8 Å². The highest BCUT2D eigenvalue weighted by Gasteiger charge is 2.38. The lowest BCUT2D eigenvalue weighted by Crippen LogP contribution is -2.49. The predicted molar refractivity (Wildman–Crippen MR) is 157 cm³/mol. The number of likely N-dealkylation sites (tertiary alicyclic amines) is 1. The quantitative estimate of drug-likeness (QED) is 0.424. The van der Waals surface area contributed by atoms with Crippen LogP contribution in [0.15, 0.2) is 43.1 Å². The fourth-order valence-electron chi connectivity index (χ4n) is 6.39. The molecule has 220 valence electrons. The summed E-state index contributed by atoms with van der Waals surface area (Å²) in [6.45, 7) is 13.2. The summed E-state index contributed by atoms with van der Waals surface area (Å²) >= 11 is 0. The van der Waals surface area contributed by atoms with Gasteiger partial charge in [0.05, 0.1) is 48.2 Å². The molecule has 6 heterocycles. The first-order valence-corrected chi connectivity index (χ1v) is 15.0. The van der Waals surface area contributed by atoms with Gasteiger partial charge in [-0.05, 0) is 45.7 Å². The Morgan fingerprint density at radius 2 is 1.93 bits per heavy atom. The van der Waals surface area contributed by atoms with Crippen molar-refractivity contribution in [3.63, 3.8) is 0 Å². The lowest BCUT2D eigenvalue weighted by atomic mass is 9.84. The number of carbonyl (C=O) groups excluding carboxylic acids is 1. The van der Waals surface area contributed by atoms with Gasteiger partial charge in [-0.1, -0.05) is 6.07 Å². The number of hydrogen-bond donors (Lipinski definition) is 0. The molecule has 10 nitrogen and oxygen atoms in total. The minimum atomic E-state index is -0.270. The first-order chi connectivity index (χ1) is 20.0. The van der Waals surface area contributed by atoms with Crippen LogP contribution in [0.2, 0.25) is 0 Å². The molecule has 10 heteroatoms. The van der Waals surface area contributed by atoms with E-state index >= 15 is 0 Å². The number of piperidine rings is 1. The smallest absolute Gasteiger partial charge is 0.410 e. The Bertz CT molecular complexity index is 1320. The lowest BCUT2D eigenvalue weighted by Gasteiger charge is -2.43. The molecule has 0 radical (unpaired) electrons. The Morgan fingerprint density at radius 1 is 1.12 bits per heavy atom. The number of rotatable bonds is 7. The standard InChI is InChI=1S/C31H42N6O4/c1-4-40-31(8-10-34(11-9-31)23(2)3)25-5-6-27(33-18-25)24-17-28-29(19-32-22-37(28)20-24)35-12-14-36(15-13-35)30(38)41-26-7-16-39-21-26/h5-6,17-20,22-23,26H,4,7-16,21H2,1-3H3/t26-/m1/s1. The van der Waals surface area contributed by atoms with E-state index in [0.717, 1.165) is 73.5 Å². The highest BCUT2D eigenvalue weighted by atomic mass is 16.6. The van der Waals surface area contributed by atoms with Gasteiger partial charge in [0.25, 0.3) is 0 Å². The zero-order valence-electron chi connectivity index (χ0n) is 24.5. The second kappa shape index (κ2) is 12.0. The number of pyridine rings is 1. The Morgan fingerprint density at radius 3 is 2.59 bits per heavy atom. The minimum Gasteiger partial charge on any atom is -0.444 e. The monoisotopic (exact) mass is 562 g/mol. The topological polar surface area (TPSA) is 84.7 Å². The summed E-state index contributed by atoms with van der Waals surface area (Å²) < 4.78 is 19.4. The van der Waals surface area contributed by atoms with E-state index < -0.39 is 0 Å². The number of aromatic nitrogens is 3. The summed E-state index contributed by atoms with van der Waals surface area (Å²) in [6.07, 6.45) is 10.2. The molecule has 6 rings (SSSR count). The first kappa shape index (κ1) is 27.9. The molecule has 41 heavy (non-hydrogen) atoms. The van der Waals surface area contributed by atoms with Crippen LogP contribution in [0.25, 0.3) is 16.8 Å². The molecule has 0 bridgehead atoms. The summed E-state index contributed by atoms with van der Waals surface area (Å²) in [5.74, 6) is 0. The van der Waals surface area contributed by atoms with Crippen molar-refractivity contribution in [2.45, 2.75) is 57.8 Å². The van der Waals surface area contributed by atoms with Crippen molar-refractivity contribution in [1.82, 2.24) is 24.2 Å². The number of nitrogens with zero attached hydrogens (tertiary/aromatic N) is 6. The predicted octanol–water partition coefficient (Wildman–Crippen LogP) is 4.18. The summed E-state index contributed by atoms with van der Waals surface area (Å²) in [6, 6.07) is 7.04. The SMILES string of the molecule is CCOC1(c2ccc(-c3cc4c(N5CCN(C(=O)O[C@@H]6CCOC6)CC5)cncn4c3)nc2)CCN(C(C)C)CC1. The lowest BCUT2D eigenvalue weighted by molar-refractivity contribution is -0.0888. The van der Waals surface area contributed by atoms with Gasteiger partial charge >= 0.3 is 6.09 Å². The van der Waals surface area contributed by atoms with Gasteiger partial charge < -0.3 is 33.3 Å². The highest BCUT2D eigenvalue weighted by Crippen LogP contribution is 2.38. The molecule has 3 aromatic heterocycles. The normalized spacial score (nSPS) is 21.6. The molecule has 0 saturated carbocycles. The van der Waals surface area contributed by atoms with Gasteiger partial charge in [0.1, 0.15) is 6.10 Å². The van der Waals surface area contributed by atoms with Crippen molar-refractivity contribution < 1.29 is 19.0 Å². The maximum absolute atomic E-state index is 12.6. The number of anilines is 1. The average Bonchev–Trinajstić information content (AvgIpc) is 3.68. The fraction of sp³-hybridized carbons (Fsp3) is 0.581. The fourth-order valence-corrected chi connectivity index (χ4v) is 6.39. The number of carbonyl (C=O) groups is 1. The highest BCUT2D eigenvalue weighted by molar-refractivity contribution is 5.79. The molecule has 3 fully saturated rings. The van der Waals surface area contributed by atoms with Crippen LogP contribution in [0.4, 0.5) is 10.5 Å². The molecule has 1 amide bonds. The molecule has 0 aromatic carbocycles. The number of ether oxygens (including phenoxy) is 3. The molecule has 0 spiro atoms. The number of amides is 1. The third kappa shape index (κ3) is 5.78. The zero-order valence-corrected chi connectivity index (χ0v) is 24.5. The van der Waals surface area contributed by atoms with E-state index in [1.807, 2.05) is 18.7 Å². The third-order valence-electron chi connectivity index (χ3n) is 8.87. The van der Waals surface area contributed by atoms with Crippen LogP contribution in [0, 0.1) is 0 Å². The van der Waals surface area contributed by atoms with E-state index in [4.69, 9.17) is 19.2 Å². The number of fused-ring (bicyclic) bond motifs is 1. The van der Waals surface area contributed by atoms with Crippen LogP contribution in [0.3, 0.4) is 0 Å². The summed E-state index contributed by atoms with van der Waals surface area (Å²) in [5, 5.41) is 0. The van der Waals surface area contributed by atoms with Crippen molar-refractivity contribution in [3.05, 3.63) is 48.7 Å². The molecule has 1 atom stereocenters. The second-order valence-electron chi connectivity index (χ2n) is 11.6. The molecular formula is C31H42N6O4. The van der Waals surface area contributed by atoms with E-state index in [-0.39, 0.29) is 17.8 Å². The second-order valence-corrected chi connectivity index (χ2v) is 11.6. The van der Waals surface area contributed by atoms with Crippen molar-refractivity contribution in [2.75, 3.05) is 64.0 Å². The van der Waals surface area contributed by atoms with E-state index in [2.05, 4.69) is 64.4 Å². The molecular weight excluding hydrogens is 520 g/mol. The van der Waals surface area contributed by atoms with Crippen LogP contribution in [-0.4, -0.2) is 101 Å². The first-order valence-electron chi connectivity index (χ1n) is 15.0. The molecule has 0 aliphatic carbocycles. The van der Waals surface area contributed by atoms with Crippen molar-refractivity contribution >= 4 is 17.3 Å². The molecule has 3 aromatic rings. The van der Waals surface area contributed by atoms with Gasteiger partial charge in [-0.25, -0.2) is 9.78 Å². The number of hydrogen-bond acceptors (Lipinski definition) is 8. The summed E-state index contributed by atoms with van der Waals surface area (Å²) in [7, 11) is 0. The Balaban J connectivity index is 1.15. The largest absolute Gasteiger partial charge is 0.444 e. The van der Waals surface area contributed by atoms with E-state index in [1.54, 1.807) is 4.90 Å². The van der Waals surface area contributed by atoms with Gasteiger partial charge in [-0.15, -0.1) is 0 Å². The van der Waals surface area contributed by atoms with Gasteiger partial charge in [-0.3, -0.25) is 4.98 Å². The van der Waals surface area contributed by atoms with E-state index in [1.165, 1.54) is 0 Å². The van der Waals surface area contributed by atoms with E-state index in [0.29, 0.717) is 39.0 Å². The van der Waals surface area contributed by atoms with Crippen LogP contribution in [0.5, 0.6) is 0 Å².